The molecule has 1 N–H and O–H groups in total. The van der Waals surface area contributed by atoms with Gasteiger partial charge in [-0.05, 0) is 24.2 Å². The van der Waals surface area contributed by atoms with Crippen molar-refractivity contribution >= 4 is 0 Å². The molecular formula is C14H28O. The Balaban J connectivity index is 2.19. The molecule has 0 amide bonds. The summed E-state index contributed by atoms with van der Waals surface area (Å²) in [5.41, 5.74) is 0. The topological polar surface area (TPSA) is 20.2 Å². The zero-order valence-electron chi connectivity index (χ0n) is 10.7. The van der Waals surface area contributed by atoms with Crippen molar-refractivity contribution in [3.8, 4) is 0 Å². The Labute approximate surface area is 95.3 Å². The number of hydrogen-bond donors (Lipinski definition) is 1. The van der Waals surface area contributed by atoms with Gasteiger partial charge in [-0.15, -0.1) is 0 Å². The predicted octanol–water partition coefficient (Wildman–Crippen LogP) is 4.00. The van der Waals surface area contributed by atoms with E-state index in [1.807, 2.05) is 0 Å². The van der Waals surface area contributed by atoms with Crippen LogP contribution in [0.5, 0.6) is 0 Å². The van der Waals surface area contributed by atoms with E-state index in [1.54, 1.807) is 0 Å². The largest absolute Gasteiger partial charge is 0.393 e. The van der Waals surface area contributed by atoms with E-state index in [4.69, 9.17) is 0 Å². The van der Waals surface area contributed by atoms with Crippen LogP contribution in [0.1, 0.15) is 65.7 Å². The minimum absolute atomic E-state index is 0.0716. The van der Waals surface area contributed by atoms with Crippen LogP contribution in [-0.2, 0) is 0 Å². The number of hydrogen-bond acceptors (Lipinski definition) is 1. The smallest absolute Gasteiger partial charge is 0.0565 e. The quantitative estimate of drug-likeness (QED) is 0.730. The summed E-state index contributed by atoms with van der Waals surface area (Å²) in [6, 6.07) is 0. The first-order valence-corrected chi connectivity index (χ1v) is 6.81. The molecule has 1 saturated carbocycles. The highest BCUT2D eigenvalue weighted by molar-refractivity contribution is 4.75. The first-order chi connectivity index (χ1) is 7.13. The van der Waals surface area contributed by atoms with Gasteiger partial charge in [-0.1, -0.05) is 59.3 Å². The summed E-state index contributed by atoms with van der Waals surface area (Å²) >= 11 is 0. The van der Waals surface area contributed by atoms with Crippen LogP contribution in [0.15, 0.2) is 0 Å². The summed E-state index contributed by atoms with van der Waals surface area (Å²) in [6.07, 6.45) is 9.24. The van der Waals surface area contributed by atoms with Gasteiger partial charge in [0.25, 0.3) is 0 Å². The summed E-state index contributed by atoms with van der Waals surface area (Å²) in [7, 11) is 0. The monoisotopic (exact) mass is 212 g/mol. The third-order valence-corrected chi connectivity index (χ3v) is 4.01. The van der Waals surface area contributed by atoms with E-state index in [0.717, 1.165) is 18.3 Å². The van der Waals surface area contributed by atoms with Crippen LogP contribution in [0, 0.1) is 17.8 Å². The molecule has 0 aromatic carbocycles. The van der Waals surface area contributed by atoms with Crippen LogP contribution < -0.4 is 0 Å². The first kappa shape index (κ1) is 13.0. The fourth-order valence-electron chi connectivity index (χ4n) is 2.78. The molecule has 0 aromatic heterocycles. The van der Waals surface area contributed by atoms with E-state index in [2.05, 4.69) is 20.8 Å². The van der Waals surface area contributed by atoms with Crippen molar-refractivity contribution in [2.45, 2.75) is 71.8 Å². The van der Waals surface area contributed by atoms with Crippen LogP contribution in [-0.4, -0.2) is 11.2 Å². The van der Waals surface area contributed by atoms with E-state index < -0.39 is 0 Å². The zero-order chi connectivity index (χ0) is 11.3. The average Bonchev–Trinajstić information content (AvgIpc) is 2.21. The van der Waals surface area contributed by atoms with Gasteiger partial charge < -0.3 is 5.11 Å². The van der Waals surface area contributed by atoms with Crippen LogP contribution in [0.25, 0.3) is 0 Å². The first-order valence-electron chi connectivity index (χ1n) is 6.81. The number of aliphatic hydroxyl groups excluding tert-OH is 1. The maximum absolute atomic E-state index is 9.85. The Kier molecular flexibility index (Phi) is 5.66. The molecule has 90 valence electrons. The average molecular weight is 212 g/mol. The van der Waals surface area contributed by atoms with Gasteiger partial charge in [0, 0.05) is 0 Å². The molecule has 0 radical (unpaired) electrons. The lowest BCUT2D eigenvalue weighted by Gasteiger charge is -2.30. The van der Waals surface area contributed by atoms with Gasteiger partial charge in [0.05, 0.1) is 6.10 Å². The zero-order valence-corrected chi connectivity index (χ0v) is 10.7. The van der Waals surface area contributed by atoms with Crippen molar-refractivity contribution < 1.29 is 5.11 Å². The minimum Gasteiger partial charge on any atom is -0.393 e. The molecule has 0 aliphatic heterocycles. The Morgan fingerprint density at radius 1 is 1.07 bits per heavy atom. The highest BCUT2D eigenvalue weighted by atomic mass is 16.3. The fourth-order valence-corrected chi connectivity index (χ4v) is 2.78. The molecule has 0 saturated heterocycles. The second-order valence-electron chi connectivity index (χ2n) is 5.72. The molecule has 1 unspecified atom stereocenters. The van der Waals surface area contributed by atoms with Crippen LogP contribution in [0.4, 0.5) is 0 Å². The molecule has 1 nitrogen and oxygen atoms in total. The Morgan fingerprint density at radius 3 is 2.07 bits per heavy atom. The summed E-state index contributed by atoms with van der Waals surface area (Å²) in [5.74, 6) is 2.22. The van der Waals surface area contributed by atoms with Gasteiger partial charge in [-0.25, -0.2) is 0 Å². The predicted molar refractivity (Wildman–Crippen MR) is 65.8 cm³/mol. The van der Waals surface area contributed by atoms with Gasteiger partial charge >= 0.3 is 0 Å². The molecule has 0 aromatic rings. The van der Waals surface area contributed by atoms with Crippen molar-refractivity contribution in [2.75, 3.05) is 0 Å². The second-order valence-corrected chi connectivity index (χ2v) is 5.72. The van der Waals surface area contributed by atoms with Crippen molar-refractivity contribution in [3.05, 3.63) is 0 Å². The SMILES string of the molecule is CCCC1CCC(CC(O)C(C)C)CC1. The van der Waals surface area contributed by atoms with Crippen LogP contribution in [0.3, 0.4) is 0 Å². The maximum atomic E-state index is 9.85. The van der Waals surface area contributed by atoms with Crippen LogP contribution in [0.2, 0.25) is 0 Å². The third kappa shape index (κ3) is 4.55. The van der Waals surface area contributed by atoms with Crippen molar-refractivity contribution in [1.82, 2.24) is 0 Å². The van der Waals surface area contributed by atoms with Gasteiger partial charge in [0.2, 0.25) is 0 Å². The molecule has 1 atom stereocenters. The van der Waals surface area contributed by atoms with E-state index in [0.29, 0.717) is 5.92 Å². The van der Waals surface area contributed by atoms with Gasteiger partial charge in [-0.2, -0.15) is 0 Å². The molecule has 1 rings (SSSR count). The highest BCUT2D eigenvalue weighted by Gasteiger charge is 2.23. The van der Waals surface area contributed by atoms with Gasteiger partial charge in [0.1, 0.15) is 0 Å². The summed E-state index contributed by atoms with van der Waals surface area (Å²) in [5, 5.41) is 9.85. The second kappa shape index (κ2) is 6.52. The fraction of sp³-hybridized carbons (Fsp3) is 1.00. The lowest BCUT2D eigenvalue weighted by molar-refractivity contribution is 0.0832. The van der Waals surface area contributed by atoms with E-state index in [9.17, 15) is 5.11 Å². The van der Waals surface area contributed by atoms with E-state index >= 15 is 0 Å². The maximum Gasteiger partial charge on any atom is 0.0565 e. The molecule has 1 heteroatoms. The molecule has 1 aliphatic rings. The summed E-state index contributed by atoms with van der Waals surface area (Å²) < 4.78 is 0. The molecule has 1 fully saturated rings. The molecule has 0 heterocycles. The van der Waals surface area contributed by atoms with Gasteiger partial charge in [-0.3, -0.25) is 0 Å². The summed E-state index contributed by atoms with van der Waals surface area (Å²) in [6.45, 7) is 6.52. The van der Waals surface area contributed by atoms with Crippen molar-refractivity contribution in [2.24, 2.45) is 17.8 Å². The molecule has 0 spiro atoms. The van der Waals surface area contributed by atoms with Crippen LogP contribution >= 0.6 is 0 Å². The van der Waals surface area contributed by atoms with Crippen molar-refractivity contribution in [3.63, 3.8) is 0 Å². The highest BCUT2D eigenvalue weighted by Crippen LogP contribution is 2.34. The third-order valence-electron chi connectivity index (χ3n) is 4.01. The number of rotatable bonds is 5. The Morgan fingerprint density at radius 2 is 1.60 bits per heavy atom. The minimum atomic E-state index is -0.0716. The molecule has 1 aliphatic carbocycles. The standard InChI is InChI=1S/C14H28O/c1-4-5-12-6-8-13(9-7-12)10-14(15)11(2)3/h11-15H,4-10H2,1-3H3. The number of aliphatic hydroxyl groups is 1. The van der Waals surface area contributed by atoms with E-state index in [1.165, 1.54) is 38.5 Å². The van der Waals surface area contributed by atoms with Crippen molar-refractivity contribution in [1.29, 1.82) is 0 Å². The van der Waals surface area contributed by atoms with E-state index in [-0.39, 0.29) is 6.10 Å². The normalized spacial score (nSPS) is 29.4. The molecule has 0 bridgehead atoms. The summed E-state index contributed by atoms with van der Waals surface area (Å²) in [4.78, 5) is 0. The molecular weight excluding hydrogens is 184 g/mol. The lowest BCUT2D eigenvalue weighted by atomic mass is 9.77. The molecule has 15 heavy (non-hydrogen) atoms. The Hall–Kier alpha value is -0.0400. The van der Waals surface area contributed by atoms with Gasteiger partial charge in [0.15, 0.2) is 0 Å². The lowest BCUT2D eigenvalue weighted by Crippen LogP contribution is -2.23. The Bertz CT molecular complexity index is 157.